The lowest BCUT2D eigenvalue weighted by Crippen LogP contribution is -1.89. The van der Waals surface area contributed by atoms with E-state index in [2.05, 4.69) is 19.9 Å². The van der Waals surface area contributed by atoms with Gasteiger partial charge >= 0.3 is 0 Å². The van der Waals surface area contributed by atoms with Crippen LogP contribution in [0, 0.1) is 0 Å². The molecule has 2 N–H and O–H groups in total. The molecule has 18 heavy (non-hydrogen) atoms. The largest absolute Gasteiger partial charge is 0.508 e. The van der Waals surface area contributed by atoms with Crippen LogP contribution in [0.25, 0.3) is 22.6 Å². The Morgan fingerprint density at radius 2 is 2.22 bits per heavy atom. The van der Waals surface area contributed by atoms with Crippen molar-refractivity contribution in [1.29, 1.82) is 0 Å². The van der Waals surface area contributed by atoms with Gasteiger partial charge in [0.15, 0.2) is 5.65 Å². The Kier molecular flexibility index (Phi) is 2.33. The van der Waals surface area contributed by atoms with Crippen molar-refractivity contribution in [2.75, 3.05) is 7.11 Å². The molecule has 0 saturated carbocycles. The summed E-state index contributed by atoms with van der Waals surface area (Å²) in [6.45, 7) is 0. The highest BCUT2D eigenvalue weighted by atomic mass is 16.5. The van der Waals surface area contributed by atoms with E-state index in [1.807, 2.05) is 0 Å². The normalized spacial score (nSPS) is 10.7. The van der Waals surface area contributed by atoms with Gasteiger partial charge in [-0.05, 0) is 12.1 Å². The van der Waals surface area contributed by atoms with Crippen molar-refractivity contribution < 1.29 is 9.84 Å². The second-order valence-corrected chi connectivity index (χ2v) is 3.73. The van der Waals surface area contributed by atoms with Gasteiger partial charge in [-0.2, -0.15) is 0 Å². The van der Waals surface area contributed by atoms with Gasteiger partial charge in [0.2, 0.25) is 0 Å². The smallest absolute Gasteiger partial charge is 0.181 e. The van der Waals surface area contributed by atoms with E-state index < -0.39 is 0 Å². The number of hydrogen-bond donors (Lipinski definition) is 2. The van der Waals surface area contributed by atoms with Gasteiger partial charge in [-0.3, -0.25) is 0 Å². The molecule has 6 nitrogen and oxygen atoms in total. The number of hydrogen-bond acceptors (Lipinski definition) is 5. The summed E-state index contributed by atoms with van der Waals surface area (Å²) < 4.78 is 5.22. The van der Waals surface area contributed by atoms with E-state index in [-0.39, 0.29) is 5.75 Å². The summed E-state index contributed by atoms with van der Waals surface area (Å²) in [7, 11) is 1.54. The molecule has 0 saturated heterocycles. The summed E-state index contributed by atoms with van der Waals surface area (Å²) in [5.74, 6) is 1.32. The van der Waals surface area contributed by atoms with Gasteiger partial charge in [-0.1, -0.05) is 0 Å². The number of aromatic hydroxyl groups is 1. The Bertz CT molecular complexity index is 675. The van der Waals surface area contributed by atoms with Crippen LogP contribution in [0.4, 0.5) is 0 Å². The highest BCUT2D eigenvalue weighted by Crippen LogP contribution is 2.31. The van der Waals surface area contributed by atoms with Crippen molar-refractivity contribution in [2.45, 2.75) is 0 Å². The second kappa shape index (κ2) is 3.99. The van der Waals surface area contributed by atoms with Crippen molar-refractivity contribution in [3.8, 4) is 22.9 Å². The van der Waals surface area contributed by atoms with E-state index >= 15 is 0 Å². The zero-order valence-electron chi connectivity index (χ0n) is 9.58. The van der Waals surface area contributed by atoms with E-state index in [9.17, 15) is 5.11 Å². The number of rotatable bonds is 2. The Hall–Kier alpha value is -2.63. The number of aromatic nitrogens is 4. The first-order chi connectivity index (χ1) is 8.78. The molecule has 2 heterocycles. The van der Waals surface area contributed by atoms with E-state index in [0.29, 0.717) is 17.2 Å². The minimum absolute atomic E-state index is 0.145. The molecule has 1 aromatic carbocycles. The Morgan fingerprint density at radius 3 is 3.00 bits per heavy atom. The highest BCUT2D eigenvalue weighted by Gasteiger charge is 2.11. The third-order valence-corrected chi connectivity index (χ3v) is 2.60. The van der Waals surface area contributed by atoms with E-state index in [1.165, 1.54) is 12.4 Å². The Balaban J connectivity index is 2.19. The van der Waals surface area contributed by atoms with Gasteiger partial charge in [-0.25, -0.2) is 15.0 Å². The fourth-order valence-electron chi connectivity index (χ4n) is 1.76. The molecule has 0 bridgehead atoms. The summed E-state index contributed by atoms with van der Waals surface area (Å²) in [5, 5.41) is 9.42. The van der Waals surface area contributed by atoms with Crippen molar-refractivity contribution >= 4 is 11.2 Å². The molecule has 0 aliphatic carbocycles. The molecule has 3 rings (SSSR count). The zero-order chi connectivity index (χ0) is 12.5. The average molecular weight is 242 g/mol. The fourth-order valence-corrected chi connectivity index (χ4v) is 1.76. The number of phenols is 1. The molecule has 0 fully saturated rings. The average Bonchev–Trinajstić information content (AvgIpc) is 2.82. The number of methoxy groups -OCH3 is 1. The number of H-pyrrole nitrogens is 1. The van der Waals surface area contributed by atoms with Gasteiger partial charge in [-0.15, -0.1) is 0 Å². The monoisotopic (exact) mass is 242 g/mol. The first-order valence-electron chi connectivity index (χ1n) is 5.31. The van der Waals surface area contributed by atoms with Crippen molar-refractivity contribution in [3.05, 3.63) is 30.7 Å². The molecule has 3 aromatic rings. The number of phenolic OH excluding ortho intramolecular Hbond substituents is 1. The van der Waals surface area contributed by atoms with Crippen LogP contribution in [-0.2, 0) is 0 Å². The summed E-state index contributed by atoms with van der Waals surface area (Å²) in [4.78, 5) is 15.4. The molecule has 0 atom stereocenters. The molecule has 0 amide bonds. The first-order valence-corrected chi connectivity index (χ1v) is 5.31. The van der Waals surface area contributed by atoms with Gasteiger partial charge in [0, 0.05) is 6.07 Å². The molecule has 90 valence electrons. The molecular weight excluding hydrogens is 232 g/mol. The lowest BCUT2D eigenvalue weighted by Gasteiger charge is -2.05. The molecule has 6 heteroatoms. The predicted molar refractivity (Wildman–Crippen MR) is 65.3 cm³/mol. The summed E-state index contributed by atoms with van der Waals surface area (Å²) >= 11 is 0. The first kappa shape index (κ1) is 10.5. The maximum Gasteiger partial charge on any atom is 0.181 e. The zero-order valence-corrected chi connectivity index (χ0v) is 9.58. The van der Waals surface area contributed by atoms with Crippen LogP contribution < -0.4 is 4.74 Å². The van der Waals surface area contributed by atoms with Crippen LogP contribution in [0.2, 0.25) is 0 Å². The Labute approximate surface area is 102 Å². The van der Waals surface area contributed by atoms with Gasteiger partial charge in [0.05, 0.1) is 18.9 Å². The third kappa shape index (κ3) is 1.64. The lowest BCUT2D eigenvalue weighted by atomic mass is 10.2. The number of imidazole rings is 1. The van der Waals surface area contributed by atoms with Crippen LogP contribution >= 0.6 is 0 Å². The minimum Gasteiger partial charge on any atom is -0.508 e. The molecule has 2 aromatic heterocycles. The van der Waals surface area contributed by atoms with Crippen LogP contribution in [0.1, 0.15) is 0 Å². The minimum atomic E-state index is 0.145. The Morgan fingerprint density at radius 1 is 1.33 bits per heavy atom. The van der Waals surface area contributed by atoms with E-state index in [4.69, 9.17) is 4.74 Å². The SMILES string of the molecule is COc1cc(O)ccc1-c1nc2ncncc2[nH]1. The van der Waals surface area contributed by atoms with Crippen LogP contribution in [0.3, 0.4) is 0 Å². The van der Waals surface area contributed by atoms with Gasteiger partial charge in [0.25, 0.3) is 0 Å². The number of fused-ring (bicyclic) bond motifs is 1. The second-order valence-electron chi connectivity index (χ2n) is 3.73. The van der Waals surface area contributed by atoms with Crippen molar-refractivity contribution in [2.24, 2.45) is 0 Å². The maximum atomic E-state index is 9.42. The van der Waals surface area contributed by atoms with E-state index in [0.717, 1.165) is 11.1 Å². The quantitative estimate of drug-likeness (QED) is 0.715. The molecule has 0 spiro atoms. The highest BCUT2D eigenvalue weighted by molar-refractivity contribution is 5.77. The number of benzene rings is 1. The van der Waals surface area contributed by atoms with Crippen molar-refractivity contribution in [3.63, 3.8) is 0 Å². The molecule has 0 radical (unpaired) electrons. The van der Waals surface area contributed by atoms with Crippen LogP contribution in [0.15, 0.2) is 30.7 Å². The predicted octanol–water partition coefficient (Wildman–Crippen LogP) is 1.73. The molecule has 0 aliphatic rings. The number of nitrogens with one attached hydrogen (secondary N) is 1. The summed E-state index contributed by atoms with van der Waals surface area (Å²) in [6, 6.07) is 4.85. The van der Waals surface area contributed by atoms with E-state index in [1.54, 1.807) is 25.4 Å². The van der Waals surface area contributed by atoms with Gasteiger partial charge in [0.1, 0.15) is 29.2 Å². The third-order valence-electron chi connectivity index (χ3n) is 2.60. The standard InChI is InChI=1S/C12H10N4O2/c1-18-10-4-7(17)2-3-8(10)11-15-9-5-13-6-14-12(9)16-11/h2-6,17H,1H3,(H,13,14,15,16). The fraction of sp³-hybridized carbons (Fsp3) is 0.0833. The molecule has 0 unspecified atom stereocenters. The number of nitrogens with zero attached hydrogens (tertiary/aromatic N) is 3. The van der Waals surface area contributed by atoms with Crippen LogP contribution in [0.5, 0.6) is 11.5 Å². The lowest BCUT2D eigenvalue weighted by molar-refractivity contribution is 0.409. The summed E-state index contributed by atoms with van der Waals surface area (Å²) in [6.07, 6.45) is 3.10. The van der Waals surface area contributed by atoms with Crippen molar-refractivity contribution in [1.82, 2.24) is 19.9 Å². The topological polar surface area (TPSA) is 83.9 Å². The molecular formula is C12H10N4O2. The maximum absolute atomic E-state index is 9.42. The van der Waals surface area contributed by atoms with Gasteiger partial charge < -0.3 is 14.8 Å². The number of aromatic amines is 1. The molecule has 0 aliphatic heterocycles. The summed E-state index contributed by atoms with van der Waals surface area (Å²) in [5.41, 5.74) is 2.10. The number of ether oxygens (including phenoxy) is 1. The van der Waals surface area contributed by atoms with Crippen LogP contribution in [-0.4, -0.2) is 32.2 Å².